The summed E-state index contributed by atoms with van der Waals surface area (Å²) in [4.78, 5) is 20.5. The average Bonchev–Trinajstić information content (AvgIpc) is 2.74. The lowest BCUT2D eigenvalue weighted by Gasteiger charge is -2.39. The van der Waals surface area contributed by atoms with Crippen LogP contribution in [-0.4, -0.2) is 61.5 Å². The summed E-state index contributed by atoms with van der Waals surface area (Å²) < 4.78 is 19.4. The van der Waals surface area contributed by atoms with Gasteiger partial charge in [0.05, 0.1) is 25.7 Å². The van der Waals surface area contributed by atoms with E-state index in [4.69, 9.17) is 9.73 Å². The van der Waals surface area contributed by atoms with Gasteiger partial charge in [0, 0.05) is 20.6 Å². The van der Waals surface area contributed by atoms with E-state index in [0.29, 0.717) is 25.6 Å². The first-order valence-corrected chi connectivity index (χ1v) is 10.1. The maximum absolute atomic E-state index is 13.3. The number of nitrogens with zero attached hydrogens (tertiary/aromatic N) is 3. The molecule has 3 rings (SSSR count). The van der Waals surface area contributed by atoms with Crippen LogP contribution in [0.25, 0.3) is 0 Å². The zero-order chi connectivity index (χ0) is 21.5. The normalized spacial score (nSPS) is 19.5. The van der Waals surface area contributed by atoms with Gasteiger partial charge in [0.2, 0.25) is 5.91 Å². The molecule has 0 bridgehead atoms. The smallest absolute Gasteiger partial charge is 0.241 e. The Morgan fingerprint density at radius 1 is 1.17 bits per heavy atom. The van der Waals surface area contributed by atoms with Gasteiger partial charge in [-0.2, -0.15) is 0 Å². The number of halogens is 1. The van der Waals surface area contributed by atoms with Crippen molar-refractivity contribution in [1.29, 1.82) is 0 Å². The van der Waals surface area contributed by atoms with Crippen molar-refractivity contribution < 1.29 is 13.9 Å². The summed E-state index contributed by atoms with van der Waals surface area (Å²) in [5, 5.41) is 3.21. The third-order valence-corrected chi connectivity index (χ3v) is 4.95. The third kappa shape index (κ3) is 6.03. The molecular formula is C23H29FN4O2. The fourth-order valence-corrected chi connectivity index (χ4v) is 3.32. The first-order valence-electron chi connectivity index (χ1n) is 10.1. The van der Waals surface area contributed by atoms with Crippen LogP contribution in [0.4, 0.5) is 4.39 Å². The highest BCUT2D eigenvalue weighted by Crippen LogP contribution is 2.25. The third-order valence-electron chi connectivity index (χ3n) is 4.95. The van der Waals surface area contributed by atoms with E-state index in [1.54, 1.807) is 31.1 Å². The second-order valence-electron chi connectivity index (χ2n) is 7.66. The van der Waals surface area contributed by atoms with Crippen LogP contribution in [0.15, 0.2) is 59.6 Å². The molecular weight excluding hydrogens is 383 g/mol. The topological polar surface area (TPSA) is 57.2 Å². The van der Waals surface area contributed by atoms with Crippen LogP contribution >= 0.6 is 0 Å². The van der Waals surface area contributed by atoms with E-state index in [0.717, 1.165) is 11.1 Å². The van der Waals surface area contributed by atoms with Crippen molar-refractivity contribution in [3.8, 4) is 0 Å². The van der Waals surface area contributed by atoms with E-state index in [1.807, 2.05) is 37.3 Å². The van der Waals surface area contributed by atoms with Gasteiger partial charge in [-0.3, -0.25) is 4.79 Å². The van der Waals surface area contributed by atoms with Crippen molar-refractivity contribution >= 4 is 11.9 Å². The highest BCUT2D eigenvalue weighted by molar-refractivity contribution is 5.86. The zero-order valence-corrected chi connectivity index (χ0v) is 17.7. The predicted molar refractivity (Wildman–Crippen MR) is 116 cm³/mol. The maximum atomic E-state index is 13.3. The minimum Gasteiger partial charge on any atom is -0.367 e. The first kappa shape index (κ1) is 21.8. The molecule has 30 heavy (non-hydrogen) atoms. The largest absolute Gasteiger partial charge is 0.367 e. The molecule has 2 aromatic carbocycles. The van der Waals surface area contributed by atoms with E-state index in [9.17, 15) is 9.18 Å². The molecule has 2 atom stereocenters. The number of rotatable bonds is 5. The molecule has 0 spiro atoms. The number of amides is 1. The number of morpholine rings is 1. The van der Waals surface area contributed by atoms with Crippen molar-refractivity contribution in [1.82, 2.24) is 15.1 Å². The molecule has 1 heterocycles. The van der Waals surface area contributed by atoms with E-state index in [2.05, 4.69) is 10.2 Å². The maximum Gasteiger partial charge on any atom is 0.241 e. The molecule has 7 heteroatoms. The Morgan fingerprint density at radius 2 is 1.87 bits per heavy atom. The van der Waals surface area contributed by atoms with Gasteiger partial charge in [0.15, 0.2) is 5.96 Å². The van der Waals surface area contributed by atoms with Crippen LogP contribution in [0.3, 0.4) is 0 Å². The van der Waals surface area contributed by atoms with Crippen LogP contribution in [0.1, 0.15) is 24.2 Å². The Balaban J connectivity index is 1.79. The second kappa shape index (κ2) is 10.2. The van der Waals surface area contributed by atoms with Crippen molar-refractivity contribution in [2.45, 2.75) is 25.7 Å². The van der Waals surface area contributed by atoms with E-state index in [1.165, 1.54) is 12.1 Å². The number of ether oxygens (including phenoxy) is 1. The minimum atomic E-state index is -0.270. The van der Waals surface area contributed by atoms with Crippen LogP contribution in [0, 0.1) is 5.82 Å². The molecule has 0 aliphatic carbocycles. The number of likely N-dealkylation sites (N-methyl/N-ethyl adjacent to an activating group) is 1. The molecule has 2 unspecified atom stereocenters. The summed E-state index contributed by atoms with van der Waals surface area (Å²) in [5.74, 6) is 0.364. The Bertz CT molecular complexity index is 855. The summed E-state index contributed by atoms with van der Waals surface area (Å²) in [6.45, 7) is 3.88. The Morgan fingerprint density at radius 3 is 2.53 bits per heavy atom. The SMILES string of the molecule is CC1CN(C(=NCc2ccccc2)NCC(=O)N(C)C)CC(c2ccc(F)cc2)O1. The van der Waals surface area contributed by atoms with E-state index >= 15 is 0 Å². The lowest BCUT2D eigenvalue weighted by Crippen LogP contribution is -2.52. The van der Waals surface area contributed by atoms with Crippen LogP contribution < -0.4 is 5.32 Å². The molecule has 1 amide bonds. The Kier molecular flexibility index (Phi) is 7.41. The molecule has 0 saturated carbocycles. The van der Waals surface area contributed by atoms with Crippen LogP contribution in [0.5, 0.6) is 0 Å². The second-order valence-corrected chi connectivity index (χ2v) is 7.66. The van der Waals surface area contributed by atoms with E-state index < -0.39 is 0 Å². The van der Waals surface area contributed by atoms with Gasteiger partial charge in [-0.1, -0.05) is 42.5 Å². The molecule has 0 aromatic heterocycles. The highest BCUT2D eigenvalue weighted by atomic mass is 19.1. The lowest BCUT2D eigenvalue weighted by atomic mass is 10.1. The number of hydrogen-bond donors (Lipinski definition) is 1. The minimum absolute atomic E-state index is 0.0289. The summed E-state index contributed by atoms with van der Waals surface area (Å²) in [6.07, 6.45) is -0.246. The number of hydrogen-bond acceptors (Lipinski definition) is 3. The number of carbonyl (C=O) groups is 1. The molecule has 0 radical (unpaired) electrons. The molecule has 2 aromatic rings. The molecule has 160 valence electrons. The number of guanidine groups is 1. The van der Waals surface area contributed by atoms with Crippen molar-refractivity contribution in [3.63, 3.8) is 0 Å². The van der Waals surface area contributed by atoms with Crippen molar-refractivity contribution in [2.75, 3.05) is 33.7 Å². The van der Waals surface area contributed by atoms with Gasteiger partial charge in [-0.05, 0) is 30.2 Å². The fourth-order valence-electron chi connectivity index (χ4n) is 3.32. The lowest BCUT2D eigenvalue weighted by molar-refractivity contribution is -0.127. The van der Waals surface area contributed by atoms with Crippen LogP contribution in [-0.2, 0) is 16.1 Å². The highest BCUT2D eigenvalue weighted by Gasteiger charge is 2.28. The summed E-state index contributed by atoms with van der Waals surface area (Å²) in [6, 6.07) is 16.4. The number of carbonyl (C=O) groups excluding carboxylic acids is 1. The quantitative estimate of drug-likeness (QED) is 0.606. The number of aliphatic imine (C=N–C) groups is 1. The Hall–Kier alpha value is -2.93. The molecule has 1 N–H and O–H groups in total. The Labute approximate surface area is 177 Å². The summed E-state index contributed by atoms with van der Waals surface area (Å²) >= 11 is 0. The molecule has 6 nitrogen and oxygen atoms in total. The van der Waals surface area contributed by atoms with Gasteiger partial charge in [0.1, 0.15) is 11.9 Å². The summed E-state index contributed by atoms with van der Waals surface area (Å²) in [7, 11) is 3.46. The summed E-state index contributed by atoms with van der Waals surface area (Å²) in [5.41, 5.74) is 2.01. The monoisotopic (exact) mass is 412 g/mol. The number of nitrogens with one attached hydrogen (secondary N) is 1. The van der Waals surface area contributed by atoms with Gasteiger partial charge < -0.3 is 19.9 Å². The van der Waals surface area contributed by atoms with Crippen LogP contribution in [0.2, 0.25) is 0 Å². The molecule has 1 aliphatic rings. The van der Waals surface area contributed by atoms with Gasteiger partial charge in [-0.15, -0.1) is 0 Å². The predicted octanol–water partition coefficient (Wildman–Crippen LogP) is 2.82. The van der Waals surface area contributed by atoms with Gasteiger partial charge >= 0.3 is 0 Å². The van der Waals surface area contributed by atoms with E-state index in [-0.39, 0.29) is 30.5 Å². The molecule has 1 saturated heterocycles. The molecule has 1 aliphatic heterocycles. The van der Waals surface area contributed by atoms with Crippen molar-refractivity contribution in [2.24, 2.45) is 4.99 Å². The number of benzene rings is 2. The standard InChI is InChI=1S/C23H29FN4O2/c1-17-15-28(16-21(30-17)19-9-11-20(24)12-10-19)23(26-14-22(29)27(2)3)25-13-18-7-5-4-6-8-18/h4-12,17,21H,13-16H2,1-3H3,(H,25,26). The average molecular weight is 413 g/mol. The van der Waals surface area contributed by atoms with Gasteiger partial charge in [-0.25, -0.2) is 9.38 Å². The fraction of sp³-hybridized carbons (Fsp3) is 0.391. The van der Waals surface area contributed by atoms with Gasteiger partial charge in [0.25, 0.3) is 0 Å². The zero-order valence-electron chi connectivity index (χ0n) is 17.7. The first-order chi connectivity index (χ1) is 14.4. The van der Waals surface area contributed by atoms with Crippen molar-refractivity contribution in [3.05, 3.63) is 71.5 Å². The molecule has 1 fully saturated rings.